The molecule has 1 aliphatic rings. The van der Waals surface area contributed by atoms with Gasteiger partial charge in [-0.2, -0.15) is 0 Å². The number of benzene rings is 1. The number of nitrogens with zero attached hydrogens (tertiary/aromatic N) is 1. The summed E-state index contributed by atoms with van der Waals surface area (Å²) < 4.78 is 23.5. The molecule has 1 amide bonds. The van der Waals surface area contributed by atoms with Crippen molar-refractivity contribution in [1.82, 2.24) is 4.90 Å². The molecule has 1 aliphatic heterocycles. The van der Waals surface area contributed by atoms with Crippen molar-refractivity contribution in [1.29, 1.82) is 0 Å². The maximum absolute atomic E-state index is 13.2. The second kappa shape index (κ2) is 6.43. The van der Waals surface area contributed by atoms with Gasteiger partial charge in [0.05, 0.1) is 7.11 Å². The molecule has 0 saturated carbocycles. The van der Waals surface area contributed by atoms with Gasteiger partial charge in [0, 0.05) is 25.9 Å². The third-order valence-corrected chi connectivity index (χ3v) is 3.35. The molecular formula is C14H16FNO5. The first-order chi connectivity index (χ1) is 10.0. The number of rotatable bonds is 3. The van der Waals surface area contributed by atoms with E-state index in [1.165, 1.54) is 24.1 Å². The standard InChI is InChI=1S/C14H16FNO5/c1-20-13(17)11-8-9(15)2-3-12(11)21-10-4-6-16(7-5-10)14(18)19/h2-3,8,10H,4-7H2,1H3,(H,18,19). The monoisotopic (exact) mass is 297 g/mol. The van der Waals surface area contributed by atoms with Gasteiger partial charge in [0.25, 0.3) is 0 Å². The number of hydrogen-bond donors (Lipinski definition) is 1. The summed E-state index contributed by atoms with van der Waals surface area (Å²) in [7, 11) is 1.21. The molecule has 0 spiro atoms. The summed E-state index contributed by atoms with van der Waals surface area (Å²) >= 11 is 0. The number of carbonyl (C=O) groups excluding carboxylic acids is 1. The van der Waals surface area contributed by atoms with Crippen LogP contribution in [0, 0.1) is 5.82 Å². The molecule has 0 radical (unpaired) electrons. The number of hydrogen-bond acceptors (Lipinski definition) is 4. The van der Waals surface area contributed by atoms with Crippen LogP contribution in [0.2, 0.25) is 0 Å². The Kier molecular flexibility index (Phi) is 4.62. The maximum Gasteiger partial charge on any atom is 0.407 e. The van der Waals surface area contributed by atoms with Crippen LogP contribution >= 0.6 is 0 Å². The number of ether oxygens (including phenoxy) is 2. The molecule has 1 aromatic carbocycles. The molecule has 1 fully saturated rings. The Balaban J connectivity index is 2.07. The molecule has 0 aliphatic carbocycles. The lowest BCUT2D eigenvalue weighted by atomic mass is 10.1. The van der Waals surface area contributed by atoms with Crippen LogP contribution in [0.5, 0.6) is 5.75 Å². The van der Waals surface area contributed by atoms with Crippen molar-refractivity contribution in [3.05, 3.63) is 29.6 Å². The highest BCUT2D eigenvalue weighted by molar-refractivity contribution is 5.92. The van der Waals surface area contributed by atoms with Crippen molar-refractivity contribution in [2.24, 2.45) is 0 Å². The number of halogens is 1. The van der Waals surface area contributed by atoms with Crippen LogP contribution in [0.4, 0.5) is 9.18 Å². The van der Waals surface area contributed by atoms with Gasteiger partial charge in [-0.05, 0) is 18.2 Å². The molecule has 114 valence electrons. The molecule has 0 atom stereocenters. The molecule has 7 heteroatoms. The first kappa shape index (κ1) is 15.1. The SMILES string of the molecule is COC(=O)c1cc(F)ccc1OC1CCN(C(=O)O)CC1. The Morgan fingerprint density at radius 3 is 2.57 bits per heavy atom. The fourth-order valence-corrected chi connectivity index (χ4v) is 2.22. The molecule has 2 rings (SSSR count). The van der Waals surface area contributed by atoms with E-state index in [0.29, 0.717) is 25.9 Å². The highest BCUT2D eigenvalue weighted by atomic mass is 19.1. The lowest BCUT2D eigenvalue weighted by molar-refractivity contribution is 0.0584. The first-order valence-electron chi connectivity index (χ1n) is 6.53. The third-order valence-electron chi connectivity index (χ3n) is 3.35. The van der Waals surface area contributed by atoms with Crippen molar-refractivity contribution < 1.29 is 28.6 Å². The number of methoxy groups -OCH3 is 1. The Morgan fingerprint density at radius 2 is 2.00 bits per heavy atom. The van der Waals surface area contributed by atoms with Gasteiger partial charge in [0.2, 0.25) is 0 Å². The first-order valence-corrected chi connectivity index (χ1v) is 6.53. The van der Waals surface area contributed by atoms with E-state index in [2.05, 4.69) is 4.74 Å². The Morgan fingerprint density at radius 1 is 1.33 bits per heavy atom. The number of piperidine rings is 1. The lowest BCUT2D eigenvalue weighted by Gasteiger charge is -2.30. The minimum absolute atomic E-state index is 0.0261. The molecule has 0 bridgehead atoms. The predicted molar refractivity (Wildman–Crippen MR) is 71.0 cm³/mol. The molecule has 1 saturated heterocycles. The predicted octanol–water partition coefficient (Wildman–Crippen LogP) is 2.13. The van der Waals surface area contributed by atoms with Crippen LogP contribution in [0.1, 0.15) is 23.2 Å². The van der Waals surface area contributed by atoms with Gasteiger partial charge in [0.1, 0.15) is 23.2 Å². The molecule has 1 heterocycles. The molecule has 1 N–H and O–H groups in total. The van der Waals surface area contributed by atoms with Crippen molar-refractivity contribution in [2.75, 3.05) is 20.2 Å². The quantitative estimate of drug-likeness (QED) is 0.865. The largest absolute Gasteiger partial charge is 0.489 e. The molecule has 1 aromatic rings. The number of likely N-dealkylation sites (tertiary alicyclic amines) is 1. The van der Waals surface area contributed by atoms with E-state index >= 15 is 0 Å². The summed E-state index contributed by atoms with van der Waals surface area (Å²) in [6.07, 6.45) is -0.130. The number of carboxylic acid groups (broad SMARTS) is 1. The van der Waals surface area contributed by atoms with Crippen LogP contribution in [-0.4, -0.2) is 48.4 Å². The van der Waals surface area contributed by atoms with E-state index in [-0.39, 0.29) is 17.4 Å². The number of esters is 1. The fourth-order valence-electron chi connectivity index (χ4n) is 2.22. The van der Waals surface area contributed by atoms with Gasteiger partial charge < -0.3 is 19.5 Å². The van der Waals surface area contributed by atoms with Gasteiger partial charge in [-0.1, -0.05) is 0 Å². The van der Waals surface area contributed by atoms with E-state index in [1.807, 2.05) is 0 Å². The summed E-state index contributed by atoms with van der Waals surface area (Å²) in [6, 6.07) is 3.65. The van der Waals surface area contributed by atoms with E-state index in [4.69, 9.17) is 9.84 Å². The van der Waals surface area contributed by atoms with Crippen LogP contribution in [0.25, 0.3) is 0 Å². The highest BCUT2D eigenvalue weighted by Gasteiger charge is 2.25. The highest BCUT2D eigenvalue weighted by Crippen LogP contribution is 2.25. The average molecular weight is 297 g/mol. The minimum atomic E-state index is -0.953. The average Bonchev–Trinajstić information content (AvgIpc) is 2.48. The van der Waals surface area contributed by atoms with Crippen molar-refractivity contribution in [3.8, 4) is 5.75 Å². The van der Waals surface area contributed by atoms with Crippen LogP contribution < -0.4 is 4.74 Å². The summed E-state index contributed by atoms with van der Waals surface area (Å²) in [5, 5.41) is 8.88. The fraction of sp³-hybridized carbons (Fsp3) is 0.429. The lowest BCUT2D eigenvalue weighted by Crippen LogP contribution is -2.41. The molecule has 6 nitrogen and oxygen atoms in total. The molecule has 0 aromatic heterocycles. The topological polar surface area (TPSA) is 76.1 Å². The van der Waals surface area contributed by atoms with Crippen LogP contribution in [0.3, 0.4) is 0 Å². The number of amides is 1. The maximum atomic E-state index is 13.2. The molecule has 0 unspecified atom stereocenters. The zero-order chi connectivity index (χ0) is 15.4. The summed E-state index contributed by atoms with van der Waals surface area (Å²) in [4.78, 5) is 23.7. The van der Waals surface area contributed by atoms with Gasteiger partial charge in [-0.25, -0.2) is 14.0 Å². The summed E-state index contributed by atoms with van der Waals surface area (Å²) in [6.45, 7) is 0.740. The Bertz CT molecular complexity index is 540. The Hall–Kier alpha value is -2.31. The van der Waals surface area contributed by atoms with Gasteiger partial charge in [-0.3, -0.25) is 0 Å². The van der Waals surface area contributed by atoms with E-state index in [1.54, 1.807) is 0 Å². The van der Waals surface area contributed by atoms with Crippen LogP contribution in [0.15, 0.2) is 18.2 Å². The van der Waals surface area contributed by atoms with Gasteiger partial charge in [0.15, 0.2) is 0 Å². The Labute approximate surface area is 121 Å². The third kappa shape index (κ3) is 3.62. The van der Waals surface area contributed by atoms with Crippen molar-refractivity contribution >= 4 is 12.1 Å². The van der Waals surface area contributed by atoms with Gasteiger partial charge in [-0.15, -0.1) is 0 Å². The van der Waals surface area contributed by atoms with E-state index in [9.17, 15) is 14.0 Å². The van der Waals surface area contributed by atoms with Crippen molar-refractivity contribution in [3.63, 3.8) is 0 Å². The zero-order valence-corrected chi connectivity index (χ0v) is 11.5. The van der Waals surface area contributed by atoms with E-state index in [0.717, 1.165) is 6.07 Å². The summed E-state index contributed by atoms with van der Waals surface area (Å²) in [5.41, 5.74) is 0.0261. The van der Waals surface area contributed by atoms with Gasteiger partial charge >= 0.3 is 12.1 Å². The second-order valence-electron chi connectivity index (χ2n) is 4.72. The van der Waals surface area contributed by atoms with Crippen molar-refractivity contribution in [2.45, 2.75) is 18.9 Å². The van der Waals surface area contributed by atoms with Crippen LogP contribution in [-0.2, 0) is 4.74 Å². The summed E-state index contributed by atoms with van der Waals surface area (Å²) in [5.74, 6) is -0.979. The zero-order valence-electron chi connectivity index (χ0n) is 11.5. The molecule has 21 heavy (non-hydrogen) atoms. The minimum Gasteiger partial charge on any atom is -0.489 e. The smallest absolute Gasteiger partial charge is 0.407 e. The molecular weight excluding hydrogens is 281 g/mol. The second-order valence-corrected chi connectivity index (χ2v) is 4.72. The number of carbonyl (C=O) groups is 2. The normalized spacial score (nSPS) is 15.6. The van der Waals surface area contributed by atoms with E-state index < -0.39 is 17.9 Å².